The average molecular weight is 882 g/mol. The summed E-state index contributed by atoms with van der Waals surface area (Å²) >= 11 is 0. The molecule has 69 heavy (non-hydrogen) atoms. The summed E-state index contributed by atoms with van der Waals surface area (Å²) < 4.78 is 0. The van der Waals surface area contributed by atoms with E-state index < -0.39 is 5.41 Å². The molecule has 0 fully saturated rings. The fourth-order valence-corrected chi connectivity index (χ4v) is 11.5. The van der Waals surface area contributed by atoms with Gasteiger partial charge in [-0.3, -0.25) is 10.3 Å². The van der Waals surface area contributed by atoms with Gasteiger partial charge in [-0.1, -0.05) is 188 Å². The molecule has 0 amide bonds. The largest absolute Gasteiger partial charge is 0.350 e. The number of aromatic nitrogens is 2. The number of amidine groups is 1. The standard InChI is InChI=1S/C64H43N5/c1-3-15-42(16-4-1)61-67-62(43-17-5-2-6-18-43)69-63(68-61)47-36-45(40-27-29-41(30-28-40)60-54-39-65-34-33-48(54)53-22-10-14-26-59(53)66-60)35-46(37-47)44-31-32-52-51-21-9-13-25-57(51)64(58(52)38-44)55-23-11-7-19-49(55)50-20-8-12-24-56(50)64/h1-39,61-62,67H,(H,68,69). The van der Waals surface area contributed by atoms with Crippen molar-refractivity contribution < 1.29 is 0 Å². The molecule has 1 spiro atoms. The average Bonchev–Trinajstić information content (AvgIpc) is 3.90. The van der Waals surface area contributed by atoms with Crippen molar-refractivity contribution in [2.75, 3.05) is 0 Å². The van der Waals surface area contributed by atoms with Gasteiger partial charge < -0.3 is 5.32 Å². The molecule has 9 aromatic carbocycles. The molecular formula is C64H43N5. The van der Waals surface area contributed by atoms with Crippen LogP contribution in [0.4, 0.5) is 0 Å². The van der Waals surface area contributed by atoms with Crippen molar-refractivity contribution in [3.8, 4) is 55.8 Å². The van der Waals surface area contributed by atoms with Crippen molar-refractivity contribution in [1.29, 1.82) is 0 Å². The smallest absolute Gasteiger partial charge is 0.131 e. The fourth-order valence-electron chi connectivity index (χ4n) is 11.5. The van der Waals surface area contributed by atoms with E-state index in [1.807, 2.05) is 12.4 Å². The van der Waals surface area contributed by atoms with Crippen molar-refractivity contribution in [2.24, 2.45) is 4.99 Å². The summed E-state index contributed by atoms with van der Waals surface area (Å²) in [6.45, 7) is 0. The number of fused-ring (bicyclic) bond motifs is 13. The maximum atomic E-state index is 5.45. The van der Waals surface area contributed by atoms with Crippen LogP contribution >= 0.6 is 0 Å². The van der Waals surface area contributed by atoms with E-state index >= 15 is 0 Å². The van der Waals surface area contributed by atoms with Gasteiger partial charge in [-0.15, -0.1) is 0 Å². The SMILES string of the molecule is c1ccc(C2N=C(c3cc(-c4ccc(-c5nc6ccccc6c6ccncc56)cc4)cc(-c4ccc5c(c4)C4(c6ccccc6-c6ccccc64)c4ccccc4-5)c3)NC(c3ccccc3)N2)cc1. The van der Waals surface area contributed by atoms with Crippen LogP contribution in [-0.2, 0) is 5.41 Å². The van der Waals surface area contributed by atoms with Crippen molar-refractivity contribution in [3.05, 3.63) is 276 Å². The zero-order valence-electron chi connectivity index (χ0n) is 37.5. The van der Waals surface area contributed by atoms with Crippen LogP contribution in [0.1, 0.15) is 51.3 Å². The van der Waals surface area contributed by atoms with Crippen LogP contribution in [0.3, 0.4) is 0 Å². The predicted molar refractivity (Wildman–Crippen MR) is 281 cm³/mol. The lowest BCUT2D eigenvalue weighted by Gasteiger charge is -2.32. The molecule has 2 aromatic heterocycles. The zero-order valence-corrected chi connectivity index (χ0v) is 37.5. The number of aliphatic imine (C=N–C) groups is 1. The number of para-hydroxylation sites is 1. The molecule has 0 bridgehead atoms. The highest BCUT2D eigenvalue weighted by Gasteiger charge is 2.51. The Balaban J connectivity index is 0.958. The van der Waals surface area contributed by atoms with Gasteiger partial charge in [0.1, 0.15) is 18.2 Å². The van der Waals surface area contributed by atoms with Crippen LogP contribution in [0.5, 0.6) is 0 Å². The van der Waals surface area contributed by atoms with Crippen molar-refractivity contribution in [2.45, 2.75) is 17.7 Å². The van der Waals surface area contributed by atoms with Crippen LogP contribution in [0, 0.1) is 0 Å². The number of hydrogen-bond donors (Lipinski definition) is 2. The molecule has 2 unspecified atom stereocenters. The number of nitrogens with zero attached hydrogens (tertiary/aromatic N) is 3. The quantitative estimate of drug-likeness (QED) is 0.163. The summed E-state index contributed by atoms with van der Waals surface area (Å²) in [5.41, 5.74) is 20.7. The summed E-state index contributed by atoms with van der Waals surface area (Å²) in [5, 5.41) is 10.9. The van der Waals surface area contributed by atoms with Crippen molar-refractivity contribution >= 4 is 27.5 Å². The molecule has 11 aromatic rings. The molecule has 2 atom stereocenters. The molecule has 2 N–H and O–H groups in total. The van der Waals surface area contributed by atoms with Crippen molar-refractivity contribution in [3.63, 3.8) is 0 Å². The molecule has 0 saturated carbocycles. The molecule has 0 saturated heterocycles. The molecule has 0 radical (unpaired) electrons. The fraction of sp³-hybridized carbons (Fsp3) is 0.0469. The van der Waals surface area contributed by atoms with Gasteiger partial charge in [0.15, 0.2) is 0 Å². The van der Waals surface area contributed by atoms with E-state index in [9.17, 15) is 0 Å². The number of hydrogen-bond acceptors (Lipinski definition) is 5. The Labute approximate surface area is 400 Å². The number of nitrogens with one attached hydrogen (secondary N) is 2. The lowest BCUT2D eigenvalue weighted by molar-refractivity contribution is 0.409. The van der Waals surface area contributed by atoms with Gasteiger partial charge in [-0.2, -0.15) is 0 Å². The third kappa shape index (κ3) is 6.18. The van der Waals surface area contributed by atoms with E-state index in [1.54, 1.807) is 0 Å². The van der Waals surface area contributed by atoms with Gasteiger partial charge in [0.2, 0.25) is 0 Å². The van der Waals surface area contributed by atoms with E-state index in [0.29, 0.717) is 0 Å². The molecule has 14 rings (SSSR count). The summed E-state index contributed by atoms with van der Waals surface area (Å²) in [6.07, 6.45) is 3.37. The first-order valence-corrected chi connectivity index (χ1v) is 23.7. The van der Waals surface area contributed by atoms with Gasteiger partial charge in [-0.05, 0) is 120 Å². The van der Waals surface area contributed by atoms with E-state index in [0.717, 1.165) is 77.7 Å². The Morgan fingerprint density at radius 1 is 0.391 bits per heavy atom. The van der Waals surface area contributed by atoms with Gasteiger partial charge in [0, 0.05) is 34.3 Å². The van der Waals surface area contributed by atoms with E-state index in [1.165, 1.54) is 44.5 Å². The minimum atomic E-state index is -0.450. The van der Waals surface area contributed by atoms with Gasteiger partial charge >= 0.3 is 0 Å². The number of pyridine rings is 2. The molecular weight excluding hydrogens is 839 g/mol. The second kappa shape index (κ2) is 15.7. The van der Waals surface area contributed by atoms with Crippen LogP contribution in [0.25, 0.3) is 77.4 Å². The number of benzene rings is 9. The summed E-state index contributed by atoms with van der Waals surface area (Å²) in [7, 11) is 0. The lowest BCUT2D eigenvalue weighted by Crippen LogP contribution is -2.44. The van der Waals surface area contributed by atoms with E-state index in [4.69, 9.17) is 9.98 Å². The summed E-state index contributed by atoms with van der Waals surface area (Å²) in [5.74, 6) is 0.833. The minimum Gasteiger partial charge on any atom is -0.350 e. The Bertz CT molecular complexity index is 3800. The Kier molecular flexibility index (Phi) is 8.95. The minimum absolute atomic E-state index is 0.171. The monoisotopic (exact) mass is 881 g/mol. The normalized spacial score (nSPS) is 16.1. The highest BCUT2D eigenvalue weighted by molar-refractivity contribution is 6.10. The topological polar surface area (TPSA) is 62.2 Å². The van der Waals surface area contributed by atoms with E-state index in [2.05, 4.69) is 240 Å². The van der Waals surface area contributed by atoms with Gasteiger partial charge in [0.25, 0.3) is 0 Å². The molecule has 2 aliphatic carbocycles. The van der Waals surface area contributed by atoms with Crippen LogP contribution in [0.15, 0.2) is 242 Å². The Morgan fingerprint density at radius 3 is 1.64 bits per heavy atom. The Morgan fingerprint density at radius 2 is 0.942 bits per heavy atom. The van der Waals surface area contributed by atoms with Gasteiger partial charge in [-0.25, -0.2) is 9.98 Å². The van der Waals surface area contributed by atoms with Crippen molar-refractivity contribution in [1.82, 2.24) is 20.6 Å². The highest BCUT2D eigenvalue weighted by atomic mass is 15.3. The van der Waals surface area contributed by atoms with Crippen LogP contribution < -0.4 is 10.6 Å². The number of rotatable bonds is 6. The third-order valence-electron chi connectivity index (χ3n) is 14.6. The lowest BCUT2D eigenvalue weighted by atomic mass is 9.70. The highest BCUT2D eigenvalue weighted by Crippen LogP contribution is 2.63. The molecule has 3 heterocycles. The van der Waals surface area contributed by atoms with Crippen LogP contribution in [0.2, 0.25) is 0 Å². The molecule has 3 aliphatic rings. The second-order valence-electron chi connectivity index (χ2n) is 18.4. The predicted octanol–water partition coefficient (Wildman–Crippen LogP) is 14.5. The first-order chi connectivity index (χ1) is 34.2. The van der Waals surface area contributed by atoms with Gasteiger partial charge in [0.05, 0.1) is 16.6 Å². The first-order valence-electron chi connectivity index (χ1n) is 23.7. The third-order valence-corrected chi connectivity index (χ3v) is 14.6. The van der Waals surface area contributed by atoms with E-state index in [-0.39, 0.29) is 12.3 Å². The summed E-state index contributed by atoms with van der Waals surface area (Å²) in [4.78, 5) is 15.2. The molecule has 5 nitrogen and oxygen atoms in total. The van der Waals surface area contributed by atoms with Crippen LogP contribution in [-0.4, -0.2) is 15.8 Å². The molecule has 324 valence electrons. The maximum Gasteiger partial charge on any atom is 0.131 e. The first kappa shape index (κ1) is 39.4. The Hall–Kier alpha value is -8.77. The summed E-state index contributed by atoms with van der Waals surface area (Å²) in [6, 6.07) is 81.6. The molecule has 5 heteroatoms. The zero-order chi connectivity index (χ0) is 45.5. The second-order valence-corrected chi connectivity index (χ2v) is 18.4. The molecule has 1 aliphatic heterocycles. The maximum absolute atomic E-state index is 5.45.